The molecule has 8 heteroatoms. The second-order valence-corrected chi connectivity index (χ2v) is 6.33. The minimum absolute atomic E-state index is 0.184. The number of amides is 1. The van der Waals surface area contributed by atoms with Gasteiger partial charge >= 0.3 is 0 Å². The molecular weight excluding hydrogens is 300 g/mol. The Morgan fingerprint density at radius 3 is 2.71 bits per heavy atom. The fraction of sp³-hybridized carbons (Fsp3) is 0.692. The van der Waals surface area contributed by atoms with Crippen molar-refractivity contribution >= 4 is 17.2 Å². The number of nitrogens with zero attached hydrogens (tertiary/aromatic N) is 3. The molecular formula is C13H17F2N3O2S. The van der Waals surface area contributed by atoms with Crippen LogP contribution in [0.3, 0.4) is 0 Å². The van der Waals surface area contributed by atoms with Crippen molar-refractivity contribution < 1.29 is 18.7 Å². The van der Waals surface area contributed by atoms with Gasteiger partial charge in [0, 0.05) is 44.4 Å². The number of thiazole rings is 1. The first-order valence-electron chi connectivity index (χ1n) is 6.94. The first kappa shape index (κ1) is 14.8. The summed E-state index contributed by atoms with van der Waals surface area (Å²) in [6.07, 6.45) is -1.06. The molecule has 0 aromatic carbocycles. The third-order valence-corrected chi connectivity index (χ3v) is 4.78. The molecule has 2 saturated heterocycles. The zero-order valence-electron chi connectivity index (χ0n) is 11.4. The van der Waals surface area contributed by atoms with E-state index in [0.29, 0.717) is 12.2 Å². The fourth-order valence-electron chi connectivity index (χ4n) is 2.96. The van der Waals surface area contributed by atoms with E-state index in [4.69, 9.17) is 0 Å². The van der Waals surface area contributed by atoms with Crippen LogP contribution in [0.15, 0.2) is 10.9 Å². The van der Waals surface area contributed by atoms with Crippen LogP contribution in [0, 0.1) is 0 Å². The number of hydrogen-bond donors (Lipinski definition) is 1. The van der Waals surface area contributed by atoms with Gasteiger partial charge in [-0.15, -0.1) is 11.3 Å². The van der Waals surface area contributed by atoms with E-state index in [0.717, 1.165) is 0 Å². The molecule has 0 saturated carbocycles. The zero-order chi connectivity index (χ0) is 15.0. The maximum atomic E-state index is 13.2. The highest BCUT2D eigenvalue weighted by Crippen LogP contribution is 2.30. The molecule has 1 N–H and O–H groups in total. The smallest absolute Gasteiger partial charge is 0.273 e. The van der Waals surface area contributed by atoms with Gasteiger partial charge in [-0.05, 0) is 0 Å². The summed E-state index contributed by atoms with van der Waals surface area (Å²) in [7, 11) is 0. The number of carbonyl (C=O) groups is 1. The van der Waals surface area contributed by atoms with E-state index in [2.05, 4.69) is 4.98 Å². The Morgan fingerprint density at radius 1 is 1.38 bits per heavy atom. The van der Waals surface area contributed by atoms with Crippen molar-refractivity contribution in [3.8, 4) is 0 Å². The molecule has 0 radical (unpaired) electrons. The molecule has 21 heavy (non-hydrogen) atoms. The number of rotatable bonds is 2. The Bertz CT molecular complexity index is 502. The number of likely N-dealkylation sites (tertiary alicyclic amines) is 2. The molecule has 2 atom stereocenters. The topological polar surface area (TPSA) is 56.7 Å². The van der Waals surface area contributed by atoms with E-state index >= 15 is 0 Å². The van der Waals surface area contributed by atoms with Gasteiger partial charge in [-0.2, -0.15) is 0 Å². The van der Waals surface area contributed by atoms with Crippen LogP contribution in [0.2, 0.25) is 0 Å². The molecule has 2 aliphatic rings. The summed E-state index contributed by atoms with van der Waals surface area (Å²) in [4.78, 5) is 19.6. The van der Waals surface area contributed by atoms with Crippen molar-refractivity contribution in [3.63, 3.8) is 0 Å². The summed E-state index contributed by atoms with van der Waals surface area (Å²) in [5, 5.41) is 11.8. The second-order valence-electron chi connectivity index (χ2n) is 5.61. The summed E-state index contributed by atoms with van der Waals surface area (Å²) >= 11 is 1.34. The normalized spacial score (nSPS) is 29.8. The minimum Gasteiger partial charge on any atom is -0.390 e. The molecule has 5 nitrogen and oxygen atoms in total. The summed E-state index contributed by atoms with van der Waals surface area (Å²) in [5.74, 6) is -2.81. The van der Waals surface area contributed by atoms with Crippen LogP contribution in [-0.2, 0) is 0 Å². The van der Waals surface area contributed by atoms with Crippen LogP contribution in [0.4, 0.5) is 8.78 Å². The average Bonchev–Trinajstić information content (AvgIpc) is 3.08. The highest BCUT2D eigenvalue weighted by molar-refractivity contribution is 7.07. The lowest BCUT2D eigenvalue weighted by molar-refractivity contribution is -0.0697. The van der Waals surface area contributed by atoms with Gasteiger partial charge in [-0.25, -0.2) is 13.8 Å². The first-order valence-corrected chi connectivity index (χ1v) is 7.88. The second kappa shape index (κ2) is 5.58. The molecule has 2 fully saturated rings. The minimum atomic E-state index is -2.60. The fourth-order valence-corrected chi connectivity index (χ4v) is 3.48. The average molecular weight is 317 g/mol. The number of aliphatic hydroxyl groups excluding tert-OH is 1. The molecule has 1 aromatic rings. The highest BCUT2D eigenvalue weighted by atomic mass is 32.1. The maximum Gasteiger partial charge on any atom is 0.273 e. The lowest BCUT2D eigenvalue weighted by Gasteiger charge is -2.36. The Kier molecular flexibility index (Phi) is 3.94. The van der Waals surface area contributed by atoms with Crippen LogP contribution >= 0.6 is 11.3 Å². The van der Waals surface area contributed by atoms with Crippen LogP contribution in [0.1, 0.15) is 23.3 Å². The van der Waals surface area contributed by atoms with Crippen molar-refractivity contribution in [3.05, 3.63) is 16.6 Å². The largest absolute Gasteiger partial charge is 0.390 e. The summed E-state index contributed by atoms with van der Waals surface area (Å²) in [5.41, 5.74) is 1.96. The Balaban J connectivity index is 1.63. The Hall–Kier alpha value is -1.12. The van der Waals surface area contributed by atoms with Crippen LogP contribution in [0.25, 0.3) is 0 Å². The molecule has 116 valence electrons. The van der Waals surface area contributed by atoms with Crippen molar-refractivity contribution in [2.75, 3.05) is 26.2 Å². The molecule has 0 aliphatic carbocycles. The van der Waals surface area contributed by atoms with Crippen molar-refractivity contribution in [1.29, 1.82) is 0 Å². The van der Waals surface area contributed by atoms with Gasteiger partial charge in [0.15, 0.2) is 0 Å². The maximum absolute atomic E-state index is 13.2. The summed E-state index contributed by atoms with van der Waals surface area (Å²) < 4.78 is 26.4. The number of alkyl halides is 2. The van der Waals surface area contributed by atoms with E-state index < -0.39 is 12.0 Å². The number of hydrogen-bond acceptors (Lipinski definition) is 5. The van der Waals surface area contributed by atoms with E-state index in [1.165, 1.54) is 11.3 Å². The number of aromatic nitrogens is 1. The number of piperidine rings is 1. The predicted octanol–water partition coefficient (Wildman–Crippen LogP) is 1.06. The van der Waals surface area contributed by atoms with Crippen LogP contribution in [-0.4, -0.2) is 70.0 Å². The number of aliphatic hydroxyl groups is 1. The van der Waals surface area contributed by atoms with E-state index in [1.807, 2.05) is 4.90 Å². The molecule has 3 heterocycles. The quantitative estimate of drug-likeness (QED) is 0.886. The molecule has 1 amide bonds. The SMILES string of the molecule is O=C(c1cscn1)N1C[C@@H](O)[C@H](N2CCC(F)(F)CC2)C1. The molecule has 3 rings (SSSR count). The third kappa shape index (κ3) is 3.07. The van der Waals surface area contributed by atoms with Gasteiger partial charge in [0.2, 0.25) is 0 Å². The number of β-amino-alcohol motifs (C(OH)–C–C–N with tert-alkyl or cyclic N) is 1. The predicted molar refractivity (Wildman–Crippen MR) is 73.6 cm³/mol. The lowest BCUT2D eigenvalue weighted by Crippen LogP contribution is -2.49. The zero-order valence-corrected chi connectivity index (χ0v) is 12.2. The van der Waals surface area contributed by atoms with Crippen molar-refractivity contribution in [2.24, 2.45) is 0 Å². The standard InChI is InChI=1S/C13H17F2N3O2S/c14-13(15)1-3-17(4-2-13)10-5-18(6-11(10)19)12(20)9-7-21-8-16-9/h7-8,10-11,19H,1-6H2/t10-,11-/m1/s1. The van der Waals surface area contributed by atoms with Crippen LogP contribution in [0.5, 0.6) is 0 Å². The van der Waals surface area contributed by atoms with Gasteiger partial charge in [-0.1, -0.05) is 0 Å². The van der Waals surface area contributed by atoms with Crippen LogP contribution < -0.4 is 0 Å². The molecule has 0 unspecified atom stereocenters. The van der Waals surface area contributed by atoms with Gasteiger partial charge < -0.3 is 10.0 Å². The Labute approximate surface area is 125 Å². The first-order chi connectivity index (χ1) is 9.96. The van der Waals surface area contributed by atoms with Crippen molar-refractivity contribution in [2.45, 2.75) is 30.9 Å². The summed E-state index contributed by atoms with van der Waals surface area (Å²) in [6.45, 7) is 1.11. The molecule has 2 aliphatic heterocycles. The Morgan fingerprint density at radius 2 is 2.10 bits per heavy atom. The monoisotopic (exact) mass is 317 g/mol. The van der Waals surface area contributed by atoms with E-state index in [9.17, 15) is 18.7 Å². The highest BCUT2D eigenvalue weighted by Gasteiger charge is 2.42. The summed E-state index contributed by atoms with van der Waals surface area (Å²) in [6, 6.07) is -0.260. The molecule has 0 bridgehead atoms. The van der Waals surface area contributed by atoms with Gasteiger partial charge in [0.05, 0.1) is 17.7 Å². The third-order valence-electron chi connectivity index (χ3n) is 4.20. The van der Waals surface area contributed by atoms with E-state index in [-0.39, 0.29) is 44.4 Å². The number of carbonyl (C=O) groups excluding carboxylic acids is 1. The van der Waals surface area contributed by atoms with Gasteiger partial charge in [0.1, 0.15) is 5.69 Å². The van der Waals surface area contributed by atoms with Crippen molar-refractivity contribution in [1.82, 2.24) is 14.8 Å². The number of halogens is 2. The molecule has 0 spiro atoms. The van der Waals surface area contributed by atoms with Gasteiger partial charge in [-0.3, -0.25) is 9.69 Å². The lowest BCUT2D eigenvalue weighted by atomic mass is 10.0. The van der Waals surface area contributed by atoms with Gasteiger partial charge in [0.25, 0.3) is 11.8 Å². The van der Waals surface area contributed by atoms with E-state index in [1.54, 1.807) is 15.8 Å². The molecule has 1 aromatic heterocycles.